The maximum absolute atomic E-state index is 12.9. The second kappa shape index (κ2) is 12.9. The lowest BCUT2D eigenvalue weighted by Gasteiger charge is -2.38. The van der Waals surface area contributed by atoms with Crippen LogP contribution in [-0.2, 0) is 0 Å². The first-order chi connectivity index (χ1) is 17.7. The third-order valence-electron chi connectivity index (χ3n) is 6.65. The van der Waals surface area contributed by atoms with Gasteiger partial charge in [-0.1, -0.05) is 72.8 Å². The minimum atomic E-state index is -0.376. The van der Waals surface area contributed by atoms with E-state index in [0.717, 1.165) is 25.9 Å². The molecule has 1 saturated heterocycles. The summed E-state index contributed by atoms with van der Waals surface area (Å²) in [6, 6.07) is 28.2. The van der Waals surface area contributed by atoms with Crippen molar-refractivity contribution in [3.05, 3.63) is 102 Å². The van der Waals surface area contributed by atoms with Crippen LogP contribution in [0.1, 0.15) is 40.4 Å². The molecule has 1 aliphatic heterocycles. The number of para-hydroxylation sites is 1. The summed E-state index contributed by atoms with van der Waals surface area (Å²) in [5.74, 6) is 0.226. The van der Waals surface area contributed by atoms with E-state index < -0.39 is 0 Å². The number of urea groups is 1. The zero-order valence-electron chi connectivity index (χ0n) is 20.5. The van der Waals surface area contributed by atoms with Gasteiger partial charge in [0.25, 0.3) is 5.91 Å². The molecular weight excluding hydrogens is 450 g/mol. The predicted molar refractivity (Wildman–Crippen MR) is 144 cm³/mol. The number of nitrogens with two attached hydrogens (primary N) is 1. The first kappa shape index (κ1) is 25.4. The zero-order chi connectivity index (χ0) is 25.2. The zero-order valence-corrected chi connectivity index (χ0v) is 20.5. The van der Waals surface area contributed by atoms with E-state index in [0.29, 0.717) is 36.8 Å². The van der Waals surface area contributed by atoms with E-state index >= 15 is 0 Å². The van der Waals surface area contributed by atoms with E-state index in [2.05, 4.69) is 81.5 Å². The highest BCUT2D eigenvalue weighted by molar-refractivity contribution is 6.03. The fourth-order valence-corrected chi connectivity index (χ4v) is 4.77. The molecule has 3 amide bonds. The average molecular weight is 486 g/mol. The van der Waals surface area contributed by atoms with Crippen molar-refractivity contribution < 1.29 is 9.59 Å². The molecule has 3 aromatic carbocycles. The molecule has 0 radical (unpaired) electrons. The van der Waals surface area contributed by atoms with E-state index in [1.54, 1.807) is 24.3 Å². The maximum Gasteiger partial charge on any atom is 0.319 e. The van der Waals surface area contributed by atoms with Crippen molar-refractivity contribution >= 4 is 17.6 Å². The van der Waals surface area contributed by atoms with Crippen LogP contribution in [0, 0.1) is 5.92 Å². The number of carbonyl (C=O) groups is 2. The van der Waals surface area contributed by atoms with E-state index in [9.17, 15) is 9.59 Å². The lowest BCUT2D eigenvalue weighted by atomic mass is 9.91. The van der Waals surface area contributed by atoms with Crippen LogP contribution in [0.25, 0.3) is 0 Å². The Balaban J connectivity index is 1.34. The highest BCUT2D eigenvalue weighted by Gasteiger charge is 2.27. The number of nitrogens with zero attached hydrogens (tertiary/aromatic N) is 1. The lowest BCUT2D eigenvalue weighted by molar-refractivity contribution is 0.0931. The molecule has 0 unspecified atom stereocenters. The SMILES string of the molecule is NCCNC(=O)Nc1ccccc1C(=O)NCC1CCN(C(c2ccccc2)c2ccccc2)CC1. The number of hydrogen-bond acceptors (Lipinski definition) is 4. The van der Waals surface area contributed by atoms with Gasteiger partial charge in [-0.05, 0) is 55.1 Å². The normalized spacial score (nSPS) is 14.4. The molecule has 0 bridgehead atoms. The number of carbonyl (C=O) groups excluding carboxylic acids is 2. The Labute approximate surface area is 213 Å². The Morgan fingerprint density at radius 1 is 0.833 bits per heavy atom. The molecule has 0 spiro atoms. The van der Waals surface area contributed by atoms with E-state index in [1.807, 2.05) is 0 Å². The van der Waals surface area contributed by atoms with Gasteiger partial charge < -0.3 is 21.7 Å². The first-order valence-corrected chi connectivity index (χ1v) is 12.6. The molecule has 36 heavy (non-hydrogen) atoms. The summed E-state index contributed by atoms with van der Waals surface area (Å²) in [7, 11) is 0. The monoisotopic (exact) mass is 485 g/mol. The van der Waals surface area contributed by atoms with Crippen LogP contribution >= 0.6 is 0 Å². The number of rotatable bonds is 9. The maximum atomic E-state index is 12.9. The van der Waals surface area contributed by atoms with Crippen LogP contribution in [0.2, 0.25) is 0 Å². The molecule has 0 atom stereocenters. The van der Waals surface area contributed by atoms with Crippen LogP contribution in [0.15, 0.2) is 84.9 Å². The molecule has 0 saturated carbocycles. The molecular formula is C29H35N5O2. The summed E-state index contributed by atoms with van der Waals surface area (Å²) in [5.41, 5.74) is 8.96. The standard InChI is InChI=1S/C29H35N5O2/c30-17-18-31-29(36)33-26-14-8-7-13-25(26)28(35)32-21-22-15-19-34(20-16-22)27(23-9-3-1-4-10-23)24-11-5-2-6-12-24/h1-14,22,27H,15-21,30H2,(H,32,35)(H2,31,33,36). The fourth-order valence-electron chi connectivity index (χ4n) is 4.77. The van der Waals surface area contributed by atoms with E-state index in [4.69, 9.17) is 5.73 Å². The molecule has 7 nitrogen and oxygen atoms in total. The highest BCUT2D eigenvalue weighted by atomic mass is 16.2. The molecule has 1 heterocycles. The fraction of sp³-hybridized carbons (Fsp3) is 0.310. The number of anilines is 1. The van der Waals surface area contributed by atoms with Gasteiger partial charge in [-0.15, -0.1) is 0 Å². The molecule has 0 aliphatic carbocycles. The smallest absolute Gasteiger partial charge is 0.319 e. The summed E-state index contributed by atoms with van der Waals surface area (Å²) in [6.07, 6.45) is 2.02. The third kappa shape index (κ3) is 6.71. The van der Waals surface area contributed by atoms with Crippen molar-refractivity contribution in [2.24, 2.45) is 11.7 Å². The van der Waals surface area contributed by atoms with Crippen molar-refractivity contribution in [2.75, 3.05) is 38.0 Å². The summed E-state index contributed by atoms with van der Waals surface area (Å²) < 4.78 is 0. The second-order valence-electron chi connectivity index (χ2n) is 9.13. The van der Waals surface area contributed by atoms with Crippen molar-refractivity contribution in [1.82, 2.24) is 15.5 Å². The number of benzene rings is 3. The van der Waals surface area contributed by atoms with Crippen LogP contribution < -0.4 is 21.7 Å². The van der Waals surface area contributed by atoms with Gasteiger partial charge in [-0.3, -0.25) is 9.69 Å². The number of amides is 3. The van der Waals surface area contributed by atoms with Gasteiger partial charge >= 0.3 is 6.03 Å². The Hall–Kier alpha value is -3.68. The van der Waals surface area contributed by atoms with Crippen LogP contribution in [0.4, 0.5) is 10.5 Å². The number of nitrogens with one attached hydrogen (secondary N) is 3. The number of likely N-dealkylation sites (tertiary alicyclic amines) is 1. The van der Waals surface area contributed by atoms with Gasteiger partial charge in [0.05, 0.1) is 17.3 Å². The minimum Gasteiger partial charge on any atom is -0.352 e. The highest BCUT2D eigenvalue weighted by Crippen LogP contribution is 2.32. The average Bonchev–Trinajstić information content (AvgIpc) is 2.93. The Kier molecular flexibility index (Phi) is 9.08. The van der Waals surface area contributed by atoms with Crippen LogP contribution in [0.5, 0.6) is 0 Å². The van der Waals surface area contributed by atoms with Gasteiger partial charge in [0.15, 0.2) is 0 Å². The molecule has 4 rings (SSSR count). The van der Waals surface area contributed by atoms with Gasteiger partial charge in [0.1, 0.15) is 0 Å². The Morgan fingerprint density at radius 3 is 2.03 bits per heavy atom. The summed E-state index contributed by atoms with van der Waals surface area (Å²) in [6.45, 7) is 3.27. The predicted octanol–water partition coefficient (Wildman–Crippen LogP) is 4.00. The molecule has 0 aromatic heterocycles. The molecule has 3 aromatic rings. The van der Waals surface area contributed by atoms with Crippen LogP contribution in [-0.4, -0.2) is 49.6 Å². The topological polar surface area (TPSA) is 99.5 Å². The van der Waals surface area contributed by atoms with E-state index in [1.165, 1.54) is 11.1 Å². The lowest BCUT2D eigenvalue weighted by Crippen LogP contribution is -2.40. The number of hydrogen-bond donors (Lipinski definition) is 4. The van der Waals surface area contributed by atoms with Crippen LogP contribution in [0.3, 0.4) is 0 Å². The summed E-state index contributed by atoms with van der Waals surface area (Å²) in [4.78, 5) is 27.5. The van der Waals surface area contributed by atoms with Gasteiger partial charge in [-0.2, -0.15) is 0 Å². The van der Waals surface area contributed by atoms with Gasteiger partial charge in [-0.25, -0.2) is 4.79 Å². The second-order valence-corrected chi connectivity index (χ2v) is 9.13. The van der Waals surface area contributed by atoms with Crippen molar-refractivity contribution in [2.45, 2.75) is 18.9 Å². The molecule has 7 heteroatoms. The van der Waals surface area contributed by atoms with Gasteiger partial charge in [0, 0.05) is 19.6 Å². The molecule has 5 N–H and O–H groups in total. The van der Waals surface area contributed by atoms with Crippen molar-refractivity contribution in [3.63, 3.8) is 0 Å². The molecule has 1 aliphatic rings. The van der Waals surface area contributed by atoms with Crippen molar-refractivity contribution in [1.29, 1.82) is 0 Å². The number of piperidine rings is 1. The first-order valence-electron chi connectivity index (χ1n) is 12.6. The van der Waals surface area contributed by atoms with E-state index in [-0.39, 0.29) is 18.0 Å². The third-order valence-corrected chi connectivity index (χ3v) is 6.65. The summed E-state index contributed by atoms with van der Waals surface area (Å²) >= 11 is 0. The van der Waals surface area contributed by atoms with Gasteiger partial charge in [0.2, 0.25) is 0 Å². The largest absolute Gasteiger partial charge is 0.352 e. The molecule has 188 valence electrons. The van der Waals surface area contributed by atoms with Crippen molar-refractivity contribution in [3.8, 4) is 0 Å². The Morgan fingerprint density at radius 2 is 1.42 bits per heavy atom. The quantitative estimate of drug-likeness (QED) is 0.368. The Bertz CT molecular complexity index is 1080. The summed E-state index contributed by atoms with van der Waals surface area (Å²) in [5, 5.41) is 8.48. The molecule has 1 fully saturated rings. The minimum absolute atomic E-state index is 0.182.